The van der Waals surface area contributed by atoms with Gasteiger partial charge in [-0.3, -0.25) is 4.79 Å². The molecule has 0 aliphatic heterocycles. The molecule has 4 heteroatoms. The van der Waals surface area contributed by atoms with Crippen molar-refractivity contribution in [3.05, 3.63) is 53.2 Å². The third-order valence-electron chi connectivity index (χ3n) is 5.18. The molecule has 2 aromatic rings. The summed E-state index contributed by atoms with van der Waals surface area (Å²) in [5.74, 6) is 2.31. The molecular formula is C24H34N2O2. The Morgan fingerprint density at radius 3 is 2.46 bits per heavy atom. The van der Waals surface area contributed by atoms with E-state index in [1.807, 2.05) is 6.07 Å². The van der Waals surface area contributed by atoms with Crippen molar-refractivity contribution in [2.75, 3.05) is 0 Å². The number of ether oxygens (including phenoxy) is 1. The van der Waals surface area contributed by atoms with E-state index >= 15 is 0 Å². The first kappa shape index (κ1) is 21.9. The lowest BCUT2D eigenvalue weighted by atomic mass is 9.92. The summed E-state index contributed by atoms with van der Waals surface area (Å²) in [6.45, 7) is 9.14. The summed E-state index contributed by atoms with van der Waals surface area (Å²) in [5, 5.41) is 0. The quantitative estimate of drug-likeness (QED) is 0.524. The fraction of sp³-hybridized carbons (Fsp3) is 0.500. The van der Waals surface area contributed by atoms with Gasteiger partial charge in [-0.1, -0.05) is 53.0 Å². The van der Waals surface area contributed by atoms with Gasteiger partial charge in [-0.2, -0.15) is 0 Å². The lowest BCUT2D eigenvalue weighted by Crippen LogP contribution is -2.10. The van der Waals surface area contributed by atoms with Crippen molar-refractivity contribution >= 4 is 5.91 Å². The normalized spacial score (nSPS) is 12.2. The Labute approximate surface area is 169 Å². The fourth-order valence-electron chi connectivity index (χ4n) is 3.35. The summed E-state index contributed by atoms with van der Waals surface area (Å²) in [6, 6.07) is 9.55. The predicted molar refractivity (Wildman–Crippen MR) is 115 cm³/mol. The van der Waals surface area contributed by atoms with Crippen LogP contribution in [0.2, 0.25) is 0 Å². The van der Waals surface area contributed by atoms with Gasteiger partial charge in [0.25, 0.3) is 0 Å². The van der Waals surface area contributed by atoms with Crippen molar-refractivity contribution in [2.45, 2.75) is 66.2 Å². The number of nitrogens with zero attached hydrogens (tertiary/aromatic N) is 1. The van der Waals surface area contributed by atoms with E-state index in [9.17, 15) is 4.79 Å². The molecule has 28 heavy (non-hydrogen) atoms. The molecule has 1 unspecified atom stereocenters. The van der Waals surface area contributed by atoms with E-state index in [1.54, 1.807) is 12.1 Å². The second-order valence-corrected chi connectivity index (χ2v) is 8.10. The van der Waals surface area contributed by atoms with E-state index in [0.717, 1.165) is 30.4 Å². The maximum atomic E-state index is 11.1. The number of carbonyl (C=O) groups excluding carboxylic acids is 1. The SMILES string of the molecule is CCc1ccc(Oc2ccc(C(N)=O)cn2)cc1CCCC(C)CCC(C)C. The van der Waals surface area contributed by atoms with E-state index in [0.29, 0.717) is 11.4 Å². The maximum Gasteiger partial charge on any atom is 0.250 e. The minimum atomic E-state index is -0.490. The molecule has 0 saturated carbocycles. The van der Waals surface area contributed by atoms with Crippen LogP contribution in [0.1, 0.15) is 74.9 Å². The highest BCUT2D eigenvalue weighted by Gasteiger charge is 2.09. The van der Waals surface area contributed by atoms with Crippen LogP contribution in [0.4, 0.5) is 0 Å². The van der Waals surface area contributed by atoms with Gasteiger partial charge in [-0.15, -0.1) is 0 Å². The zero-order valence-corrected chi connectivity index (χ0v) is 17.7. The van der Waals surface area contributed by atoms with Crippen molar-refractivity contribution in [3.63, 3.8) is 0 Å². The van der Waals surface area contributed by atoms with Gasteiger partial charge in [0.05, 0.1) is 5.56 Å². The first-order chi connectivity index (χ1) is 13.4. The van der Waals surface area contributed by atoms with E-state index in [1.165, 1.54) is 43.0 Å². The lowest BCUT2D eigenvalue weighted by Gasteiger charge is -2.14. The number of pyridine rings is 1. The largest absolute Gasteiger partial charge is 0.439 e. The topological polar surface area (TPSA) is 65.2 Å². The molecule has 1 aromatic heterocycles. The summed E-state index contributed by atoms with van der Waals surface area (Å²) in [7, 11) is 0. The summed E-state index contributed by atoms with van der Waals surface area (Å²) >= 11 is 0. The van der Waals surface area contributed by atoms with Crippen LogP contribution in [0.25, 0.3) is 0 Å². The van der Waals surface area contributed by atoms with Gasteiger partial charge in [-0.25, -0.2) is 4.98 Å². The second-order valence-electron chi connectivity index (χ2n) is 8.10. The molecule has 0 fully saturated rings. The van der Waals surface area contributed by atoms with Gasteiger partial charge >= 0.3 is 0 Å². The number of aromatic nitrogens is 1. The smallest absolute Gasteiger partial charge is 0.250 e. The highest BCUT2D eigenvalue weighted by atomic mass is 16.5. The van der Waals surface area contributed by atoms with E-state index in [-0.39, 0.29) is 0 Å². The van der Waals surface area contributed by atoms with Crippen molar-refractivity contribution in [3.8, 4) is 11.6 Å². The van der Waals surface area contributed by atoms with Crippen molar-refractivity contribution < 1.29 is 9.53 Å². The minimum absolute atomic E-state index is 0.376. The van der Waals surface area contributed by atoms with Crippen LogP contribution in [-0.2, 0) is 12.8 Å². The predicted octanol–water partition coefficient (Wildman–Crippen LogP) is 5.93. The number of hydrogen-bond acceptors (Lipinski definition) is 3. The Balaban J connectivity index is 1.97. The van der Waals surface area contributed by atoms with Crippen molar-refractivity contribution in [1.29, 1.82) is 0 Å². The van der Waals surface area contributed by atoms with Gasteiger partial charge in [0.2, 0.25) is 11.8 Å². The van der Waals surface area contributed by atoms with Crippen LogP contribution >= 0.6 is 0 Å². The van der Waals surface area contributed by atoms with Crippen molar-refractivity contribution in [1.82, 2.24) is 4.98 Å². The number of primary amides is 1. The maximum absolute atomic E-state index is 11.1. The molecule has 1 atom stereocenters. The second kappa shape index (κ2) is 10.8. The minimum Gasteiger partial charge on any atom is -0.439 e. The highest BCUT2D eigenvalue weighted by molar-refractivity contribution is 5.92. The molecule has 2 rings (SSSR count). The van der Waals surface area contributed by atoms with Crippen LogP contribution < -0.4 is 10.5 Å². The molecule has 1 heterocycles. The number of rotatable bonds is 11. The van der Waals surface area contributed by atoms with Gasteiger partial charge in [0, 0.05) is 12.3 Å². The highest BCUT2D eigenvalue weighted by Crippen LogP contribution is 2.25. The standard InChI is InChI=1S/C24H34N2O2/c1-5-19-11-13-22(28-23-14-12-21(16-26-23)24(25)27)15-20(19)8-6-7-18(4)10-9-17(2)3/h11-18H,5-10H2,1-4H3,(H2,25,27). The fourth-order valence-corrected chi connectivity index (χ4v) is 3.35. The first-order valence-electron chi connectivity index (χ1n) is 10.4. The number of carbonyl (C=O) groups is 1. The Kier molecular flexibility index (Phi) is 8.49. The number of aryl methyl sites for hydroxylation is 2. The third kappa shape index (κ3) is 6.99. The molecule has 1 aromatic carbocycles. The zero-order valence-electron chi connectivity index (χ0n) is 17.7. The molecule has 0 radical (unpaired) electrons. The van der Waals surface area contributed by atoms with Gasteiger partial charge in [0.15, 0.2) is 0 Å². The van der Waals surface area contributed by atoms with E-state index in [4.69, 9.17) is 10.5 Å². The Morgan fingerprint density at radius 1 is 1.07 bits per heavy atom. The zero-order chi connectivity index (χ0) is 20.5. The Bertz CT molecular complexity index is 754. The molecule has 0 spiro atoms. The first-order valence-corrected chi connectivity index (χ1v) is 10.4. The number of amides is 1. The molecule has 152 valence electrons. The summed E-state index contributed by atoms with van der Waals surface area (Å²) < 4.78 is 5.88. The summed E-state index contributed by atoms with van der Waals surface area (Å²) in [5.41, 5.74) is 8.35. The average molecular weight is 383 g/mol. The molecule has 0 aliphatic carbocycles. The van der Waals surface area contributed by atoms with E-state index < -0.39 is 5.91 Å². The molecule has 0 bridgehead atoms. The Morgan fingerprint density at radius 2 is 1.86 bits per heavy atom. The van der Waals surface area contributed by atoms with E-state index in [2.05, 4.69) is 44.8 Å². The lowest BCUT2D eigenvalue weighted by molar-refractivity contribution is 0.1000. The van der Waals surface area contributed by atoms with Gasteiger partial charge < -0.3 is 10.5 Å². The number of nitrogens with two attached hydrogens (primary N) is 1. The summed E-state index contributed by atoms with van der Waals surface area (Å²) in [4.78, 5) is 15.3. The third-order valence-corrected chi connectivity index (χ3v) is 5.18. The molecule has 0 aliphatic rings. The molecule has 0 saturated heterocycles. The molecule has 1 amide bonds. The van der Waals surface area contributed by atoms with Gasteiger partial charge in [0.1, 0.15) is 5.75 Å². The summed E-state index contributed by atoms with van der Waals surface area (Å²) in [6.07, 6.45) is 8.61. The molecular weight excluding hydrogens is 348 g/mol. The average Bonchev–Trinajstić information content (AvgIpc) is 2.67. The molecule has 4 nitrogen and oxygen atoms in total. The van der Waals surface area contributed by atoms with Crippen LogP contribution in [-0.4, -0.2) is 10.9 Å². The van der Waals surface area contributed by atoms with Gasteiger partial charge in [-0.05, 0) is 60.4 Å². The van der Waals surface area contributed by atoms with Crippen molar-refractivity contribution in [2.24, 2.45) is 17.6 Å². The van der Waals surface area contributed by atoms with Crippen LogP contribution in [0.15, 0.2) is 36.5 Å². The van der Waals surface area contributed by atoms with Crippen LogP contribution in [0.3, 0.4) is 0 Å². The van der Waals surface area contributed by atoms with Crippen LogP contribution in [0.5, 0.6) is 11.6 Å². The number of benzene rings is 1. The van der Waals surface area contributed by atoms with Crippen LogP contribution in [0, 0.1) is 11.8 Å². The Hall–Kier alpha value is -2.36. The monoisotopic (exact) mass is 382 g/mol. The molecule has 2 N–H and O–H groups in total. The number of hydrogen-bond donors (Lipinski definition) is 1.